The molecule has 1 heterocycles. The van der Waals surface area contributed by atoms with Crippen LogP contribution in [0.2, 0.25) is 0 Å². The summed E-state index contributed by atoms with van der Waals surface area (Å²) in [6, 6.07) is 5.63. The lowest BCUT2D eigenvalue weighted by atomic mass is 10.3. The van der Waals surface area contributed by atoms with Crippen molar-refractivity contribution in [1.82, 2.24) is 9.55 Å². The van der Waals surface area contributed by atoms with Crippen LogP contribution in [0.3, 0.4) is 0 Å². The second-order valence-electron chi connectivity index (χ2n) is 3.68. The number of aryl methyl sites for hydroxylation is 1. The highest BCUT2D eigenvalue weighted by molar-refractivity contribution is 9.10. The van der Waals surface area contributed by atoms with Crippen LogP contribution in [0.5, 0.6) is 5.75 Å². The largest absolute Gasteiger partial charge is 0.491 e. The van der Waals surface area contributed by atoms with Crippen LogP contribution in [0.4, 0.5) is 5.69 Å². The molecule has 0 saturated carbocycles. The molecule has 2 aromatic rings. The summed E-state index contributed by atoms with van der Waals surface area (Å²) in [5, 5.41) is 0. The molecule has 0 spiro atoms. The van der Waals surface area contributed by atoms with E-state index in [9.17, 15) is 0 Å². The summed E-state index contributed by atoms with van der Waals surface area (Å²) in [7, 11) is 0. The van der Waals surface area contributed by atoms with Gasteiger partial charge in [-0.2, -0.15) is 0 Å². The lowest BCUT2D eigenvalue weighted by molar-refractivity contribution is 0.303. The van der Waals surface area contributed by atoms with Crippen molar-refractivity contribution in [2.45, 2.75) is 13.0 Å². The maximum atomic E-state index is 5.83. The molecule has 17 heavy (non-hydrogen) atoms. The van der Waals surface area contributed by atoms with Gasteiger partial charge in [0.1, 0.15) is 5.75 Å². The molecule has 4 nitrogen and oxygen atoms in total. The highest BCUT2D eigenvalue weighted by atomic mass is 79.9. The minimum atomic E-state index is 0.643. The number of imidazole rings is 1. The number of halogens is 1. The van der Waals surface area contributed by atoms with E-state index in [-0.39, 0.29) is 0 Å². The molecule has 0 atom stereocenters. The molecule has 0 aliphatic carbocycles. The molecule has 5 heteroatoms. The van der Waals surface area contributed by atoms with Gasteiger partial charge in [-0.25, -0.2) is 4.98 Å². The molecule has 0 saturated heterocycles. The Morgan fingerprint density at radius 3 is 3.00 bits per heavy atom. The molecule has 0 amide bonds. The van der Waals surface area contributed by atoms with E-state index in [1.165, 1.54) is 0 Å². The molecule has 2 rings (SSSR count). The minimum absolute atomic E-state index is 0.643. The third-order valence-electron chi connectivity index (χ3n) is 2.35. The maximum Gasteiger partial charge on any atom is 0.142 e. The summed E-state index contributed by atoms with van der Waals surface area (Å²) in [5.74, 6) is 0.735. The summed E-state index contributed by atoms with van der Waals surface area (Å²) in [6.45, 7) is 1.54. The Morgan fingerprint density at radius 2 is 2.29 bits per heavy atom. The van der Waals surface area contributed by atoms with Crippen LogP contribution in [-0.4, -0.2) is 16.2 Å². The van der Waals surface area contributed by atoms with E-state index in [2.05, 4.69) is 20.9 Å². The maximum absolute atomic E-state index is 5.83. The van der Waals surface area contributed by atoms with Gasteiger partial charge in [-0.15, -0.1) is 0 Å². The van der Waals surface area contributed by atoms with Crippen molar-refractivity contribution < 1.29 is 4.74 Å². The van der Waals surface area contributed by atoms with Crippen LogP contribution < -0.4 is 10.5 Å². The summed E-state index contributed by atoms with van der Waals surface area (Å²) in [4.78, 5) is 3.98. The third-order valence-corrected chi connectivity index (χ3v) is 2.84. The highest BCUT2D eigenvalue weighted by Crippen LogP contribution is 2.25. The van der Waals surface area contributed by atoms with Crippen LogP contribution in [-0.2, 0) is 6.54 Å². The molecule has 0 fully saturated rings. The van der Waals surface area contributed by atoms with E-state index in [1.807, 2.05) is 29.0 Å². The normalized spacial score (nSPS) is 10.4. The van der Waals surface area contributed by atoms with Crippen molar-refractivity contribution in [3.05, 3.63) is 41.4 Å². The van der Waals surface area contributed by atoms with Crippen LogP contribution >= 0.6 is 15.9 Å². The first kappa shape index (κ1) is 12.0. The van der Waals surface area contributed by atoms with Crippen molar-refractivity contribution in [3.63, 3.8) is 0 Å². The lowest BCUT2D eigenvalue weighted by Crippen LogP contribution is -2.04. The molecular formula is C12H14BrN3O. The number of anilines is 1. The number of hydrogen-bond donors (Lipinski definition) is 1. The lowest BCUT2D eigenvalue weighted by Gasteiger charge is -2.09. The van der Waals surface area contributed by atoms with Crippen LogP contribution in [0.25, 0.3) is 0 Å². The number of nitrogens with zero attached hydrogens (tertiary/aromatic N) is 2. The number of ether oxygens (including phenoxy) is 1. The summed E-state index contributed by atoms with van der Waals surface area (Å²) in [6.07, 6.45) is 6.43. The SMILES string of the molecule is Nc1cc(Br)ccc1OCCCn1ccnc1. The first-order chi connectivity index (χ1) is 8.25. The zero-order valence-electron chi connectivity index (χ0n) is 9.34. The zero-order valence-corrected chi connectivity index (χ0v) is 10.9. The van der Waals surface area contributed by atoms with Gasteiger partial charge in [-0.1, -0.05) is 15.9 Å². The fraction of sp³-hybridized carbons (Fsp3) is 0.250. The molecule has 0 aliphatic rings. The van der Waals surface area contributed by atoms with E-state index in [1.54, 1.807) is 12.5 Å². The first-order valence-corrected chi connectivity index (χ1v) is 6.18. The zero-order chi connectivity index (χ0) is 12.1. The Bertz CT molecular complexity index is 471. The number of aromatic nitrogens is 2. The molecule has 0 unspecified atom stereocenters. The average Bonchev–Trinajstić information content (AvgIpc) is 2.79. The standard InChI is InChI=1S/C12H14BrN3O/c13-10-2-3-12(11(14)8-10)17-7-1-5-16-6-4-15-9-16/h2-4,6,8-9H,1,5,7,14H2. The number of nitrogens with two attached hydrogens (primary N) is 1. The van der Waals surface area contributed by atoms with Crippen LogP contribution in [0, 0.1) is 0 Å². The number of nitrogen functional groups attached to an aromatic ring is 1. The van der Waals surface area contributed by atoms with E-state index < -0.39 is 0 Å². The Hall–Kier alpha value is -1.49. The predicted molar refractivity (Wildman–Crippen MR) is 70.9 cm³/mol. The van der Waals surface area contributed by atoms with Gasteiger partial charge in [0.05, 0.1) is 18.6 Å². The molecule has 0 radical (unpaired) electrons. The summed E-state index contributed by atoms with van der Waals surface area (Å²) in [5.41, 5.74) is 6.48. The fourth-order valence-electron chi connectivity index (χ4n) is 1.50. The summed E-state index contributed by atoms with van der Waals surface area (Å²) < 4.78 is 8.59. The predicted octanol–water partition coefficient (Wildman–Crippen LogP) is 2.70. The van der Waals surface area contributed by atoms with E-state index in [0.29, 0.717) is 12.3 Å². The Labute approximate surface area is 109 Å². The molecule has 1 aromatic carbocycles. The van der Waals surface area contributed by atoms with Crippen molar-refractivity contribution in [2.24, 2.45) is 0 Å². The molecule has 2 N–H and O–H groups in total. The van der Waals surface area contributed by atoms with Gasteiger partial charge in [0.25, 0.3) is 0 Å². The van der Waals surface area contributed by atoms with Gasteiger partial charge in [-0.3, -0.25) is 0 Å². The van der Waals surface area contributed by atoms with E-state index in [4.69, 9.17) is 10.5 Å². The molecule has 0 aliphatic heterocycles. The quantitative estimate of drug-likeness (QED) is 0.682. The molecule has 1 aromatic heterocycles. The van der Waals surface area contributed by atoms with E-state index >= 15 is 0 Å². The first-order valence-electron chi connectivity index (χ1n) is 5.39. The van der Waals surface area contributed by atoms with Gasteiger partial charge in [0, 0.05) is 23.4 Å². The average molecular weight is 296 g/mol. The van der Waals surface area contributed by atoms with Gasteiger partial charge in [-0.05, 0) is 24.6 Å². The van der Waals surface area contributed by atoms with Crippen molar-refractivity contribution in [1.29, 1.82) is 0 Å². The second kappa shape index (κ2) is 5.72. The Morgan fingerprint density at radius 1 is 1.41 bits per heavy atom. The Balaban J connectivity index is 1.78. The van der Waals surface area contributed by atoms with Crippen molar-refractivity contribution >= 4 is 21.6 Å². The van der Waals surface area contributed by atoms with Gasteiger partial charge < -0.3 is 15.0 Å². The van der Waals surface area contributed by atoms with Crippen LogP contribution in [0.15, 0.2) is 41.4 Å². The molecule has 0 bridgehead atoms. The fourth-order valence-corrected chi connectivity index (χ4v) is 1.88. The van der Waals surface area contributed by atoms with Crippen molar-refractivity contribution in [2.75, 3.05) is 12.3 Å². The van der Waals surface area contributed by atoms with Crippen molar-refractivity contribution in [3.8, 4) is 5.75 Å². The second-order valence-corrected chi connectivity index (χ2v) is 4.60. The van der Waals surface area contributed by atoms with Gasteiger partial charge >= 0.3 is 0 Å². The molecule has 90 valence electrons. The molecular weight excluding hydrogens is 282 g/mol. The highest BCUT2D eigenvalue weighted by Gasteiger charge is 2.00. The minimum Gasteiger partial charge on any atom is -0.491 e. The van der Waals surface area contributed by atoms with Gasteiger partial charge in [0.15, 0.2) is 0 Å². The monoisotopic (exact) mass is 295 g/mol. The number of rotatable bonds is 5. The number of benzene rings is 1. The van der Waals surface area contributed by atoms with Gasteiger partial charge in [0.2, 0.25) is 0 Å². The number of hydrogen-bond acceptors (Lipinski definition) is 3. The van der Waals surface area contributed by atoms with E-state index in [0.717, 1.165) is 23.2 Å². The smallest absolute Gasteiger partial charge is 0.142 e. The topological polar surface area (TPSA) is 53.1 Å². The Kier molecular flexibility index (Phi) is 4.03. The third kappa shape index (κ3) is 3.49. The summed E-state index contributed by atoms with van der Waals surface area (Å²) >= 11 is 3.36. The van der Waals surface area contributed by atoms with Crippen LogP contribution in [0.1, 0.15) is 6.42 Å².